The van der Waals surface area contributed by atoms with Gasteiger partial charge in [-0.1, -0.05) is 48.5 Å². The van der Waals surface area contributed by atoms with E-state index in [1.165, 1.54) is 12.1 Å². The highest BCUT2D eigenvalue weighted by molar-refractivity contribution is 5.98. The number of anilines is 1. The van der Waals surface area contributed by atoms with Crippen molar-refractivity contribution in [3.05, 3.63) is 90.2 Å². The van der Waals surface area contributed by atoms with Gasteiger partial charge in [0, 0.05) is 5.39 Å². The Kier molecular flexibility index (Phi) is 4.99. The van der Waals surface area contributed by atoms with Crippen LogP contribution in [0.3, 0.4) is 0 Å². The molecule has 6 nitrogen and oxygen atoms in total. The van der Waals surface area contributed by atoms with E-state index in [9.17, 15) is 9.59 Å². The first-order chi connectivity index (χ1) is 14.1. The van der Waals surface area contributed by atoms with E-state index in [1.54, 1.807) is 12.1 Å². The van der Waals surface area contributed by atoms with Crippen LogP contribution in [0, 0.1) is 0 Å². The number of amides is 1. The van der Waals surface area contributed by atoms with Gasteiger partial charge in [0.25, 0.3) is 0 Å². The minimum Gasteiger partial charge on any atom is -0.478 e. The number of benzene rings is 3. The number of ether oxygens (including phenoxy) is 1. The fraction of sp³-hybridized carbons (Fsp3) is 0.0435. The number of para-hydroxylation sites is 1. The topological polar surface area (TPSA) is 88.8 Å². The minimum absolute atomic E-state index is 0.0124. The average molecular weight is 387 g/mol. The van der Waals surface area contributed by atoms with Crippen molar-refractivity contribution >= 4 is 28.7 Å². The maximum absolute atomic E-state index is 12.0. The molecule has 0 spiro atoms. The summed E-state index contributed by atoms with van der Waals surface area (Å²) in [7, 11) is 0. The van der Waals surface area contributed by atoms with Crippen molar-refractivity contribution in [3.63, 3.8) is 0 Å². The molecule has 4 aromatic rings. The molecule has 0 fully saturated rings. The zero-order valence-electron chi connectivity index (χ0n) is 15.3. The van der Waals surface area contributed by atoms with Gasteiger partial charge in [-0.3, -0.25) is 5.32 Å². The SMILES string of the molecule is O=C(Nc1ccccc1C(=O)O)OCc1cc2cc(-c3ccccc3)ccc2o1. The third-order valence-electron chi connectivity index (χ3n) is 4.41. The molecule has 4 rings (SSSR count). The fourth-order valence-electron chi connectivity index (χ4n) is 3.04. The monoisotopic (exact) mass is 387 g/mol. The molecular formula is C23H17NO5. The molecule has 0 aliphatic rings. The van der Waals surface area contributed by atoms with Crippen LogP contribution in [0.25, 0.3) is 22.1 Å². The maximum atomic E-state index is 12.0. The molecule has 3 aromatic carbocycles. The quantitative estimate of drug-likeness (QED) is 0.469. The van der Waals surface area contributed by atoms with Crippen molar-refractivity contribution in [2.75, 3.05) is 5.32 Å². The summed E-state index contributed by atoms with van der Waals surface area (Å²) < 4.78 is 10.9. The molecule has 0 saturated carbocycles. The van der Waals surface area contributed by atoms with E-state index in [0.717, 1.165) is 16.5 Å². The summed E-state index contributed by atoms with van der Waals surface area (Å²) in [6.07, 6.45) is -0.760. The molecule has 6 heteroatoms. The number of carbonyl (C=O) groups excluding carboxylic acids is 1. The van der Waals surface area contributed by atoms with Crippen LogP contribution in [0.4, 0.5) is 10.5 Å². The molecule has 1 amide bonds. The maximum Gasteiger partial charge on any atom is 0.412 e. The van der Waals surface area contributed by atoms with Crippen LogP contribution >= 0.6 is 0 Å². The van der Waals surface area contributed by atoms with Gasteiger partial charge in [-0.25, -0.2) is 9.59 Å². The standard InChI is InChI=1S/C23H17NO5/c25-22(26)19-8-4-5-9-20(19)24-23(27)28-14-18-13-17-12-16(10-11-21(17)29-18)15-6-2-1-3-7-15/h1-13H,14H2,(H,24,27)(H,25,26). The molecule has 0 saturated heterocycles. The van der Waals surface area contributed by atoms with Crippen LogP contribution in [-0.2, 0) is 11.3 Å². The van der Waals surface area contributed by atoms with Crippen LogP contribution in [0.1, 0.15) is 16.1 Å². The first-order valence-electron chi connectivity index (χ1n) is 8.94. The minimum atomic E-state index is -1.13. The Morgan fingerprint density at radius 1 is 0.897 bits per heavy atom. The Morgan fingerprint density at radius 2 is 1.66 bits per heavy atom. The first-order valence-corrected chi connectivity index (χ1v) is 8.94. The normalized spacial score (nSPS) is 10.6. The van der Waals surface area contributed by atoms with E-state index in [-0.39, 0.29) is 17.9 Å². The lowest BCUT2D eigenvalue weighted by Crippen LogP contribution is -2.15. The highest BCUT2D eigenvalue weighted by Crippen LogP contribution is 2.27. The van der Waals surface area contributed by atoms with E-state index < -0.39 is 12.1 Å². The highest BCUT2D eigenvalue weighted by Gasteiger charge is 2.13. The molecular weight excluding hydrogens is 370 g/mol. The predicted molar refractivity (Wildman–Crippen MR) is 109 cm³/mol. The summed E-state index contributed by atoms with van der Waals surface area (Å²) >= 11 is 0. The number of carboxylic acid groups (broad SMARTS) is 1. The second-order valence-corrected chi connectivity index (χ2v) is 6.38. The van der Waals surface area contributed by atoms with Crippen molar-refractivity contribution in [3.8, 4) is 11.1 Å². The van der Waals surface area contributed by atoms with Crippen molar-refractivity contribution in [2.45, 2.75) is 6.61 Å². The molecule has 29 heavy (non-hydrogen) atoms. The number of fused-ring (bicyclic) bond motifs is 1. The van der Waals surface area contributed by atoms with Crippen LogP contribution in [-0.4, -0.2) is 17.2 Å². The van der Waals surface area contributed by atoms with Crippen molar-refractivity contribution in [1.29, 1.82) is 0 Å². The average Bonchev–Trinajstić information content (AvgIpc) is 3.15. The van der Waals surface area contributed by atoms with Gasteiger partial charge in [-0.05, 0) is 41.5 Å². The molecule has 2 N–H and O–H groups in total. The Morgan fingerprint density at radius 3 is 2.45 bits per heavy atom. The van der Waals surface area contributed by atoms with Gasteiger partial charge in [-0.2, -0.15) is 0 Å². The molecule has 144 valence electrons. The summed E-state index contributed by atoms with van der Waals surface area (Å²) in [5, 5.41) is 12.5. The number of carbonyl (C=O) groups is 2. The zero-order valence-corrected chi connectivity index (χ0v) is 15.3. The fourth-order valence-corrected chi connectivity index (χ4v) is 3.04. The van der Waals surface area contributed by atoms with Gasteiger partial charge < -0.3 is 14.3 Å². The summed E-state index contributed by atoms with van der Waals surface area (Å²) in [5.41, 5.74) is 3.02. The molecule has 0 unspecified atom stereocenters. The lowest BCUT2D eigenvalue weighted by Gasteiger charge is -2.08. The van der Waals surface area contributed by atoms with Crippen molar-refractivity contribution < 1.29 is 23.8 Å². The van der Waals surface area contributed by atoms with E-state index >= 15 is 0 Å². The Labute approximate surface area is 166 Å². The van der Waals surface area contributed by atoms with E-state index in [2.05, 4.69) is 5.32 Å². The number of aromatic carboxylic acids is 1. The van der Waals surface area contributed by atoms with E-state index in [4.69, 9.17) is 14.3 Å². The Bertz CT molecular complexity index is 1180. The number of carboxylic acids is 1. The van der Waals surface area contributed by atoms with E-state index in [0.29, 0.717) is 11.3 Å². The molecule has 0 atom stereocenters. The number of hydrogen-bond acceptors (Lipinski definition) is 4. The smallest absolute Gasteiger partial charge is 0.412 e. The van der Waals surface area contributed by atoms with Gasteiger partial charge >= 0.3 is 12.1 Å². The van der Waals surface area contributed by atoms with Gasteiger partial charge in [0.05, 0.1) is 11.3 Å². The summed E-state index contributed by atoms with van der Waals surface area (Å²) in [6, 6.07) is 23.8. The molecule has 0 bridgehead atoms. The molecule has 1 aromatic heterocycles. The first kappa shape index (κ1) is 18.3. The van der Waals surface area contributed by atoms with Gasteiger partial charge in [0.1, 0.15) is 11.3 Å². The number of furan rings is 1. The van der Waals surface area contributed by atoms with Crippen LogP contribution < -0.4 is 5.32 Å². The third kappa shape index (κ3) is 4.11. The second-order valence-electron chi connectivity index (χ2n) is 6.38. The number of rotatable bonds is 5. The van der Waals surface area contributed by atoms with Crippen molar-refractivity contribution in [1.82, 2.24) is 0 Å². The van der Waals surface area contributed by atoms with Crippen LogP contribution in [0.5, 0.6) is 0 Å². The predicted octanol–water partition coefficient (Wildman–Crippen LogP) is 5.55. The van der Waals surface area contributed by atoms with Gasteiger partial charge in [0.15, 0.2) is 6.61 Å². The second kappa shape index (κ2) is 7.90. The van der Waals surface area contributed by atoms with Crippen LogP contribution in [0.15, 0.2) is 83.3 Å². The lowest BCUT2D eigenvalue weighted by molar-refractivity contribution is 0.0698. The largest absolute Gasteiger partial charge is 0.478 e. The molecule has 0 aliphatic heterocycles. The Hall–Kier alpha value is -4.06. The van der Waals surface area contributed by atoms with E-state index in [1.807, 2.05) is 54.6 Å². The number of hydrogen-bond donors (Lipinski definition) is 2. The molecule has 0 aliphatic carbocycles. The highest BCUT2D eigenvalue weighted by atomic mass is 16.6. The van der Waals surface area contributed by atoms with Gasteiger partial charge in [0.2, 0.25) is 0 Å². The van der Waals surface area contributed by atoms with Gasteiger partial charge in [-0.15, -0.1) is 0 Å². The summed E-state index contributed by atoms with van der Waals surface area (Å²) in [4.78, 5) is 23.3. The van der Waals surface area contributed by atoms with Crippen molar-refractivity contribution in [2.24, 2.45) is 0 Å². The summed E-state index contributed by atoms with van der Waals surface area (Å²) in [6.45, 7) is -0.0730. The van der Waals surface area contributed by atoms with Crippen LogP contribution in [0.2, 0.25) is 0 Å². The summed E-state index contributed by atoms with van der Waals surface area (Å²) in [5.74, 6) is -0.640. The molecule has 0 radical (unpaired) electrons. The zero-order chi connectivity index (χ0) is 20.2. The molecule has 1 heterocycles. The lowest BCUT2D eigenvalue weighted by atomic mass is 10.0. The number of nitrogens with one attached hydrogen (secondary N) is 1. The third-order valence-corrected chi connectivity index (χ3v) is 4.41. The Balaban J connectivity index is 1.45.